The molecule has 4 nitrogen and oxygen atoms in total. The first-order valence-electron chi connectivity index (χ1n) is 8.92. The van der Waals surface area contributed by atoms with Gasteiger partial charge in [0.05, 0.1) is 6.04 Å². The van der Waals surface area contributed by atoms with Gasteiger partial charge in [0, 0.05) is 11.6 Å². The van der Waals surface area contributed by atoms with Crippen molar-refractivity contribution < 1.29 is 14.3 Å². The van der Waals surface area contributed by atoms with Gasteiger partial charge in [-0.15, -0.1) is 0 Å². The van der Waals surface area contributed by atoms with Crippen LogP contribution in [-0.2, 0) is 16.1 Å². The molecule has 0 saturated heterocycles. The van der Waals surface area contributed by atoms with Crippen LogP contribution in [0, 0.1) is 5.92 Å². The zero-order valence-corrected chi connectivity index (χ0v) is 15.1. The lowest BCUT2D eigenvalue weighted by molar-refractivity contribution is -0.138. The second-order valence-corrected chi connectivity index (χ2v) is 6.58. The van der Waals surface area contributed by atoms with Crippen LogP contribution in [0.15, 0.2) is 60.7 Å². The number of amides is 1. The molecule has 0 aromatic heterocycles. The van der Waals surface area contributed by atoms with Crippen LogP contribution in [0.1, 0.15) is 41.8 Å². The van der Waals surface area contributed by atoms with Gasteiger partial charge in [-0.05, 0) is 28.7 Å². The maximum absolute atomic E-state index is 12.4. The molecule has 0 unspecified atom stereocenters. The van der Waals surface area contributed by atoms with Gasteiger partial charge in [-0.25, -0.2) is 4.79 Å². The zero-order valence-electron chi connectivity index (χ0n) is 15.1. The first kappa shape index (κ1) is 17.9. The van der Waals surface area contributed by atoms with E-state index in [1.807, 2.05) is 48.5 Å². The molecule has 134 valence electrons. The number of ether oxygens (including phenoxy) is 1. The second-order valence-electron chi connectivity index (χ2n) is 6.58. The Morgan fingerprint density at radius 3 is 2.46 bits per heavy atom. The Balaban J connectivity index is 1.87. The van der Waals surface area contributed by atoms with Gasteiger partial charge in [-0.3, -0.25) is 4.79 Å². The Kier molecular flexibility index (Phi) is 5.52. The van der Waals surface area contributed by atoms with E-state index in [-0.39, 0.29) is 24.5 Å². The van der Waals surface area contributed by atoms with Gasteiger partial charge < -0.3 is 10.1 Å². The van der Waals surface area contributed by atoms with E-state index in [1.165, 1.54) is 6.08 Å². The molecule has 1 aliphatic heterocycles. The fourth-order valence-corrected chi connectivity index (χ4v) is 3.15. The van der Waals surface area contributed by atoms with Crippen LogP contribution in [-0.4, -0.2) is 17.9 Å². The molecule has 1 N–H and O–H groups in total. The van der Waals surface area contributed by atoms with E-state index in [4.69, 9.17) is 4.74 Å². The van der Waals surface area contributed by atoms with E-state index in [2.05, 4.69) is 19.2 Å². The van der Waals surface area contributed by atoms with Crippen LogP contribution in [0.2, 0.25) is 0 Å². The smallest absolute Gasteiger partial charge is 0.331 e. The van der Waals surface area contributed by atoms with Gasteiger partial charge in [0.2, 0.25) is 0 Å². The summed E-state index contributed by atoms with van der Waals surface area (Å²) in [7, 11) is 0. The van der Waals surface area contributed by atoms with Gasteiger partial charge in [-0.1, -0.05) is 68.8 Å². The van der Waals surface area contributed by atoms with Crippen LogP contribution in [0.3, 0.4) is 0 Å². The summed E-state index contributed by atoms with van der Waals surface area (Å²) in [6.07, 6.45) is 2.42. The Morgan fingerprint density at radius 1 is 1.12 bits per heavy atom. The quantitative estimate of drug-likeness (QED) is 0.656. The SMILES string of the molecule is CC[C@H](C)[C@@H]1NC(=O)c2ccccc2C1=CC(=O)OCc1ccccc1. The summed E-state index contributed by atoms with van der Waals surface area (Å²) < 4.78 is 5.41. The molecule has 0 saturated carbocycles. The molecular formula is C22H23NO3. The van der Waals surface area contributed by atoms with E-state index in [0.717, 1.165) is 23.1 Å². The molecule has 1 amide bonds. The van der Waals surface area contributed by atoms with Gasteiger partial charge in [0.15, 0.2) is 0 Å². The van der Waals surface area contributed by atoms with Crippen LogP contribution in [0.25, 0.3) is 5.57 Å². The predicted octanol–water partition coefficient (Wildman–Crippen LogP) is 3.97. The normalized spacial score (nSPS) is 18.8. The highest BCUT2D eigenvalue weighted by Crippen LogP contribution is 2.31. The number of benzene rings is 2. The molecule has 4 heteroatoms. The topological polar surface area (TPSA) is 55.4 Å². The van der Waals surface area contributed by atoms with Crippen molar-refractivity contribution in [2.45, 2.75) is 32.9 Å². The average Bonchev–Trinajstić information content (AvgIpc) is 2.68. The van der Waals surface area contributed by atoms with Crippen molar-refractivity contribution >= 4 is 17.4 Å². The lowest BCUT2D eigenvalue weighted by Gasteiger charge is -2.32. The lowest BCUT2D eigenvalue weighted by atomic mass is 9.82. The molecule has 3 rings (SSSR count). The molecule has 1 heterocycles. The molecule has 0 bridgehead atoms. The molecule has 0 aliphatic carbocycles. The first-order valence-corrected chi connectivity index (χ1v) is 8.92. The summed E-state index contributed by atoms with van der Waals surface area (Å²) in [5.74, 6) is -0.288. The summed E-state index contributed by atoms with van der Waals surface area (Å²) in [6, 6.07) is 16.7. The molecule has 1 aliphatic rings. The lowest BCUT2D eigenvalue weighted by Crippen LogP contribution is -2.44. The maximum Gasteiger partial charge on any atom is 0.331 e. The molecule has 2 aromatic rings. The number of rotatable bonds is 5. The first-order chi connectivity index (χ1) is 12.6. The molecule has 0 radical (unpaired) electrons. The highest BCUT2D eigenvalue weighted by atomic mass is 16.5. The minimum absolute atomic E-state index is 0.0966. The standard InChI is InChI=1S/C22H23NO3/c1-3-15(2)21-19(17-11-7-8-12-18(17)22(25)23-21)13-20(24)26-14-16-9-5-4-6-10-16/h4-13,15,21H,3,14H2,1-2H3,(H,23,25)/t15-,21-/m0/s1. The summed E-state index contributed by atoms with van der Waals surface area (Å²) >= 11 is 0. The van der Waals surface area contributed by atoms with Crippen molar-refractivity contribution in [3.05, 3.63) is 77.4 Å². The predicted molar refractivity (Wildman–Crippen MR) is 101 cm³/mol. The van der Waals surface area contributed by atoms with Crippen molar-refractivity contribution in [1.82, 2.24) is 5.32 Å². The maximum atomic E-state index is 12.4. The monoisotopic (exact) mass is 349 g/mol. The molecule has 2 aromatic carbocycles. The number of nitrogens with one attached hydrogen (secondary N) is 1. The minimum Gasteiger partial charge on any atom is -0.458 e. The Morgan fingerprint density at radius 2 is 1.77 bits per heavy atom. The van der Waals surface area contributed by atoms with Gasteiger partial charge in [0.25, 0.3) is 5.91 Å². The number of fused-ring (bicyclic) bond motifs is 1. The van der Waals surface area contributed by atoms with Crippen LogP contribution in [0.4, 0.5) is 0 Å². The highest BCUT2D eigenvalue weighted by Gasteiger charge is 2.31. The molecular weight excluding hydrogens is 326 g/mol. The van der Waals surface area contributed by atoms with E-state index in [1.54, 1.807) is 6.07 Å². The fourth-order valence-electron chi connectivity index (χ4n) is 3.15. The number of esters is 1. The Hall–Kier alpha value is -2.88. The van der Waals surface area contributed by atoms with Crippen LogP contribution < -0.4 is 5.32 Å². The second kappa shape index (κ2) is 8.00. The Labute approximate surface area is 153 Å². The van der Waals surface area contributed by atoms with Gasteiger partial charge >= 0.3 is 5.97 Å². The van der Waals surface area contributed by atoms with Crippen LogP contribution in [0.5, 0.6) is 0 Å². The van der Waals surface area contributed by atoms with Crippen molar-refractivity contribution in [2.24, 2.45) is 5.92 Å². The third-order valence-electron chi connectivity index (χ3n) is 4.81. The number of hydrogen-bond donors (Lipinski definition) is 1. The minimum atomic E-state index is -0.400. The Bertz CT molecular complexity index is 826. The van der Waals surface area contributed by atoms with E-state index in [9.17, 15) is 9.59 Å². The average molecular weight is 349 g/mol. The number of carbonyl (C=O) groups excluding carboxylic acids is 2. The van der Waals surface area contributed by atoms with Crippen molar-refractivity contribution in [2.75, 3.05) is 0 Å². The summed E-state index contributed by atoms with van der Waals surface area (Å²) in [4.78, 5) is 24.8. The van der Waals surface area contributed by atoms with E-state index < -0.39 is 5.97 Å². The van der Waals surface area contributed by atoms with Crippen molar-refractivity contribution in [3.63, 3.8) is 0 Å². The van der Waals surface area contributed by atoms with Crippen LogP contribution >= 0.6 is 0 Å². The van der Waals surface area contributed by atoms with Crippen molar-refractivity contribution in [1.29, 1.82) is 0 Å². The molecule has 0 fully saturated rings. The largest absolute Gasteiger partial charge is 0.458 e. The fraction of sp³-hybridized carbons (Fsp3) is 0.273. The number of carbonyl (C=O) groups is 2. The zero-order chi connectivity index (χ0) is 18.5. The highest BCUT2D eigenvalue weighted by molar-refractivity contribution is 6.06. The van der Waals surface area contributed by atoms with E-state index in [0.29, 0.717) is 5.56 Å². The molecule has 26 heavy (non-hydrogen) atoms. The van der Waals surface area contributed by atoms with Gasteiger partial charge in [-0.2, -0.15) is 0 Å². The molecule has 0 spiro atoms. The molecule has 2 atom stereocenters. The number of hydrogen-bond acceptors (Lipinski definition) is 3. The summed E-state index contributed by atoms with van der Waals surface area (Å²) in [6.45, 7) is 4.37. The van der Waals surface area contributed by atoms with Crippen molar-refractivity contribution in [3.8, 4) is 0 Å². The van der Waals surface area contributed by atoms with Gasteiger partial charge in [0.1, 0.15) is 6.61 Å². The third kappa shape index (κ3) is 3.85. The summed E-state index contributed by atoms with van der Waals surface area (Å²) in [5, 5.41) is 3.04. The third-order valence-corrected chi connectivity index (χ3v) is 4.81. The van der Waals surface area contributed by atoms with E-state index >= 15 is 0 Å². The summed E-state index contributed by atoms with van der Waals surface area (Å²) in [5.41, 5.74) is 3.15.